The molecule has 1 fully saturated rings. The number of carbonyl (C=O) groups is 1. The summed E-state index contributed by atoms with van der Waals surface area (Å²) in [5.41, 5.74) is 2.02. The van der Waals surface area contributed by atoms with E-state index < -0.39 is 10.0 Å². The summed E-state index contributed by atoms with van der Waals surface area (Å²) >= 11 is 0. The molecule has 1 aliphatic rings. The zero-order valence-electron chi connectivity index (χ0n) is 18.3. The number of hydrogen-bond acceptors (Lipinski definition) is 5. The van der Waals surface area contributed by atoms with Gasteiger partial charge in [0, 0.05) is 31.4 Å². The lowest BCUT2D eigenvalue weighted by Crippen LogP contribution is -2.35. The van der Waals surface area contributed by atoms with E-state index in [0.29, 0.717) is 37.6 Å². The molecular formula is C25H27N3O4S. The molecule has 0 aliphatic carbocycles. The van der Waals surface area contributed by atoms with Gasteiger partial charge in [0.25, 0.3) is 5.91 Å². The van der Waals surface area contributed by atoms with Crippen LogP contribution in [-0.4, -0.2) is 36.7 Å². The lowest BCUT2D eigenvalue weighted by molar-refractivity contribution is 0.0950. The van der Waals surface area contributed by atoms with Gasteiger partial charge in [-0.05, 0) is 60.9 Å². The van der Waals surface area contributed by atoms with Crippen LogP contribution < -0.4 is 10.1 Å². The van der Waals surface area contributed by atoms with E-state index in [2.05, 4.69) is 10.3 Å². The zero-order chi connectivity index (χ0) is 23.1. The predicted octanol–water partition coefficient (Wildman–Crippen LogP) is 3.77. The lowest BCUT2D eigenvalue weighted by Gasteiger charge is -2.26. The maximum absolute atomic E-state index is 12.9. The van der Waals surface area contributed by atoms with E-state index in [1.54, 1.807) is 24.4 Å². The fourth-order valence-corrected chi connectivity index (χ4v) is 5.29. The second-order valence-corrected chi connectivity index (χ2v) is 9.87. The monoisotopic (exact) mass is 465 g/mol. The Balaban J connectivity index is 1.37. The minimum atomic E-state index is -3.59. The summed E-state index contributed by atoms with van der Waals surface area (Å²) in [7, 11) is -3.59. The van der Waals surface area contributed by atoms with Crippen LogP contribution in [0.15, 0.2) is 77.8 Å². The van der Waals surface area contributed by atoms with Crippen molar-refractivity contribution in [3.8, 4) is 5.75 Å². The van der Waals surface area contributed by atoms with Crippen LogP contribution in [0.25, 0.3) is 0 Å². The molecule has 0 bridgehead atoms. The summed E-state index contributed by atoms with van der Waals surface area (Å²) in [5.74, 6) is 0.354. The molecule has 0 spiro atoms. The summed E-state index contributed by atoms with van der Waals surface area (Å²) in [4.78, 5) is 17.1. The van der Waals surface area contributed by atoms with Crippen LogP contribution in [0.1, 0.15) is 40.9 Å². The van der Waals surface area contributed by atoms with E-state index in [1.165, 1.54) is 10.4 Å². The SMILES string of the molecule is O=C(NCc1cccc(OCc2ccccn2)c1)c1cccc(S(=O)(=O)N2CCCCC2)c1. The van der Waals surface area contributed by atoms with Crippen molar-refractivity contribution in [2.75, 3.05) is 13.1 Å². The molecule has 1 aliphatic heterocycles. The molecule has 2 aromatic carbocycles. The maximum atomic E-state index is 12.9. The van der Waals surface area contributed by atoms with Gasteiger partial charge in [-0.1, -0.05) is 30.7 Å². The summed E-state index contributed by atoms with van der Waals surface area (Å²) in [6, 6.07) is 19.3. The highest BCUT2D eigenvalue weighted by molar-refractivity contribution is 7.89. The Morgan fingerprint density at radius 2 is 1.79 bits per heavy atom. The number of pyridine rings is 1. The minimum Gasteiger partial charge on any atom is -0.487 e. The van der Waals surface area contributed by atoms with Crippen LogP contribution in [-0.2, 0) is 23.2 Å². The quantitative estimate of drug-likeness (QED) is 0.547. The minimum absolute atomic E-state index is 0.155. The van der Waals surface area contributed by atoms with E-state index in [1.807, 2.05) is 42.5 Å². The van der Waals surface area contributed by atoms with Crippen LogP contribution in [0.2, 0.25) is 0 Å². The van der Waals surface area contributed by atoms with Crippen LogP contribution in [0.4, 0.5) is 0 Å². The van der Waals surface area contributed by atoms with Crippen molar-refractivity contribution in [1.29, 1.82) is 0 Å². The Morgan fingerprint density at radius 1 is 0.970 bits per heavy atom. The lowest BCUT2D eigenvalue weighted by atomic mass is 10.2. The average molecular weight is 466 g/mol. The molecule has 4 rings (SSSR count). The van der Waals surface area contributed by atoms with Crippen molar-refractivity contribution in [3.05, 3.63) is 89.7 Å². The van der Waals surface area contributed by atoms with Gasteiger partial charge in [-0.2, -0.15) is 4.31 Å². The third-order valence-corrected chi connectivity index (χ3v) is 7.41. The predicted molar refractivity (Wildman–Crippen MR) is 125 cm³/mol. The van der Waals surface area contributed by atoms with Gasteiger partial charge in [0.1, 0.15) is 12.4 Å². The van der Waals surface area contributed by atoms with E-state index in [9.17, 15) is 13.2 Å². The number of amides is 1. The first kappa shape index (κ1) is 22.9. The molecule has 0 atom stereocenters. The molecule has 172 valence electrons. The number of ether oxygens (including phenoxy) is 1. The van der Waals surface area contributed by atoms with Crippen LogP contribution in [0, 0.1) is 0 Å². The fourth-order valence-electron chi connectivity index (χ4n) is 3.72. The Kier molecular flexibility index (Phi) is 7.36. The van der Waals surface area contributed by atoms with Gasteiger partial charge in [0.15, 0.2) is 0 Å². The Bertz CT molecular complexity index is 1190. The summed E-state index contributed by atoms with van der Waals surface area (Å²) in [6.45, 7) is 1.70. The average Bonchev–Trinajstić information content (AvgIpc) is 2.87. The number of benzene rings is 2. The molecule has 0 saturated carbocycles. The van der Waals surface area contributed by atoms with Crippen molar-refractivity contribution < 1.29 is 17.9 Å². The molecule has 1 aromatic heterocycles. The Morgan fingerprint density at radius 3 is 2.58 bits per heavy atom. The number of carbonyl (C=O) groups excluding carboxylic acids is 1. The molecule has 3 aromatic rings. The van der Waals surface area contributed by atoms with Crippen LogP contribution >= 0.6 is 0 Å². The highest BCUT2D eigenvalue weighted by atomic mass is 32.2. The number of hydrogen-bond donors (Lipinski definition) is 1. The summed E-state index contributed by atoms with van der Waals surface area (Å²) in [6.07, 6.45) is 4.50. The van der Waals surface area contributed by atoms with Crippen molar-refractivity contribution in [1.82, 2.24) is 14.6 Å². The molecular weight excluding hydrogens is 438 g/mol. The largest absolute Gasteiger partial charge is 0.487 e. The highest BCUT2D eigenvalue weighted by Gasteiger charge is 2.26. The molecule has 33 heavy (non-hydrogen) atoms. The third-order valence-electron chi connectivity index (χ3n) is 5.51. The highest BCUT2D eigenvalue weighted by Crippen LogP contribution is 2.21. The molecule has 0 unspecified atom stereocenters. The molecule has 1 amide bonds. The molecule has 1 saturated heterocycles. The number of nitrogens with one attached hydrogen (secondary N) is 1. The first-order valence-corrected chi connectivity index (χ1v) is 12.5. The van der Waals surface area contributed by atoms with Gasteiger partial charge in [-0.3, -0.25) is 9.78 Å². The number of rotatable bonds is 8. The number of aromatic nitrogens is 1. The standard InChI is InChI=1S/C25H27N3O4S/c29-25(21-9-7-12-24(17-21)33(30,31)28-14-4-1-5-15-28)27-18-20-8-6-11-23(16-20)32-19-22-10-2-3-13-26-22/h2-3,6-13,16-17H,1,4-5,14-15,18-19H2,(H,27,29). The number of nitrogens with zero attached hydrogens (tertiary/aromatic N) is 2. The second-order valence-electron chi connectivity index (χ2n) is 7.93. The first-order chi connectivity index (χ1) is 16.0. The smallest absolute Gasteiger partial charge is 0.251 e. The van der Waals surface area contributed by atoms with Gasteiger partial charge < -0.3 is 10.1 Å². The number of sulfonamides is 1. The summed E-state index contributed by atoms with van der Waals surface area (Å²) in [5, 5.41) is 2.86. The van der Waals surface area contributed by atoms with E-state index in [0.717, 1.165) is 30.5 Å². The van der Waals surface area contributed by atoms with E-state index in [4.69, 9.17) is 4.74 Å². The van der Waals surface area contributed by atoms with Crippen molar-refractivity contribution in [2.24, 2.45) is 0 Å². The second kappa shape index (κ2) is 10.6. The third kappa shape index (κ3) is 5.97. The van der Waals surface area contributed by atoms with E-state index >= 15 is 0 Å². The van der Waals surface area contributed by atoms with Gasteiger partial charge in [0.2, 0.25) is 10.0 Å². The van der Waals surface area contributed by atoms with Gasteiger partial charge in [-0.15, -0.1) is 0 Å². The van der Waals surface area contributed by atoms with Gasteiger partial charge in [-0.25, -0.2) is 8.42 Å². The normalized spacial score (nSPS) is 14.5. The fraction of sp³-hybridized carbons (Fsp3) is 0.280. The topological polar surface area (TPSA) is 88.6 Å². The van der Waals surface area contributed by atoms with Crippen molar-refractivity contribution in [2.45, 2.75) is 37.3 Å². The van der Waals surface area contributed by atoms with Crippen molar-refractivity contribution >= 4 is 15.9 Å². The van der Waals surface area contributed by atoms with Gasteiger partial charge in [0.05, 0.1) is 10.6 Å². The molecule has 7 nitrogen and oxygen atoms in total. The van der Waals surface area contributed by atoms with Crippen LogP contribution in [0.5, 0.6) is 5.75 Å². The summed E-state index contributed by atoms with van der Waals surface area (Å²) < 4.78 is 33.1. The van der Waals surface area contributed by atoms with Crippen LogP contribution in [0.3, 0.4) is 0 Å². The first-order valence-electron chi connectivity index (χ1n) is 11.0. The number of piperidine rings is 1. The van der Waals surface area contributed by atoms with Crippen molar-refractivity contribution in [3.63, 3.8) is 0 Å². The maximum Gasteiger partial charge on any atom is 0.251 e. The molecule has 2 heterocycles. The molecule has 8 heteroatoms. The Labute approximate surface area is 194 Å². The molecule has 0 radical (unpaired) electrons. The molecule has 1 N–H and O–H groups in total. The van der Waals surface area contributed by atoms with E-state index in [-0.39, 0.29) is 10.8 Å². The zero-order valence-corrected chi connectivity index (χ0v) is 19.1. The Hall–Kier alpha value is -3.23. The van der Waals surface area contributed by atoms with Gasteiger partial charge >= 0.3 is 0 Å².